The Kier molecular flexibility index (Phi) is 6.68. The van der Waals surface area contributed by atoms with Gasteiger partial charge in [-0.15, -0.1) is 0 Å². The van der Waals surface area contributed by atoms with Crippen molar-refractivity contribution >= 4 is 0 Å². The number of ether oxygens (including phenoxy) is 2. The van der Waals surface area contributed by atoms with Crippen molar-refractivity contribution < 1.29 is 9.47 Å². The molecular weight excluding hydrogens is 380 g/mol. The third-order valence-electron chi connectivity index (χ3n) is 5.41. The minimum atomic E-state index is 0.507. The van der Waals surface area contributed by atoms with Gasteiger partial charge in [-0.25, -0.2) is 0 Å². The van der Waals surface area contributed by atoms with Crippen LogP contribution in [0, 0.1) is 0 Å². The van der Waals surface area contributed by atoms with Crippen LogP contribution >= 0.6 is 0 Å². The van der Waals surface area contributed by atoms with Crippen LogP contribution in [0.4, 0.5) is 0 Å². The van der Waals surface area contributed by atoms with E-state index in [0.29, 0.717) is 6.61 Å². The fourth-order valence-corrected chi connectivity index (χ4v) is 3.97. The number of hydrogen-bond acceptors (Lipinski definition) is 2. The Hall–Kier alpha value is -3.52. The molecular formula is C29H28O2. The molecule has 4 rings (SSSR count). The topological polar surface area (TPSA) is 18.5 Å². The van der Waals surface area contributed by atoms with Crippen LogP contribution in [0.25, 0.3) is 22.3 Å². The van der Waals surface area contributed by atoms with Gasteiger partial charge in [0.1, 0.15) is 6.61 Å². The molecule has 2 nitrogen and oxygen atoms in total. The minimum Gasteiger partial charge on any atom is -0.492 e. The summed E-state index contributed by atoms with van der Waals surface area (Å²) in [6.07, 6.45) is 1.96. The van der Waals surface area contributed by atoms with Crippen LogP contribution in [-0.2, 0) is 13.0 Å². The lowest BCUT2D eigenvalue weighted by molar-refractivity contribution is 0.282. The average Bonchev–Trinajstić information content (AvgIpc) is 2.84. The fourth-order valence-electron chi connectivity index (χ4n) is 3.97. The molecule has 0 atom stereocenters. The smallest absolute Gasteiger partial charge is 0.169 e. The minimum absolute atomic E-state index is 0.507. The molecule has 0 unspecified atom stereocenters. The van der Waals surface area contributed by atoms with Crippen LogP contribution in [0.15, 0.2) is 97.1 Å². The first-order valence-corrected chi connectivity index (χ1v) is 10.8. The van der Waals surface area contributed by atoms with Gasteiger partial charge in [0.2, 0.25) is 0 Å². The highest BCUT2D eigenvalue weighted by Gasteiger charge is 2.22. The van der Waals surface area contributed by atoms with E-state index >= 15 is 0 Å². The number of methoxy groups -OCH3 is 1. The molecule has 4 aromatic rings. The molecule has 0 spiro atoms. The summed E-state index contributed by atoms with van der Waals surface area (Å²) in [6.45, 7) is 2.70. The Morgan fingerprint density at radius 1 is 0.677 bits per heavy atom. The van der Waals surface area contributed by atoms with Crippen LogP contribution in [0.3, 0.4) is 0 Å². The molecule has 0 bridgehead atoms. The first-order valence-electron chi connectivity index (χ1n) is 10.8. The van der Waals surface area contributed by atoms with Crippen LogP contribution in [0.2, 0.25) is 0 Å². The van der Waals surface area contributed by atoms with Crippen LogP contribution in [0.5, 0.6) is 11.5 Å². The van der Waals surface area contributed by atoms with Gasteiger partial charge in [0.25, 0.3) is 0 Å². The molecule has 4 aromatic carbocycles. The van der Waals surface area contributed by atoms with Gasteiger partial charge in [-0.1, -0.05) is 104 Å². The average molecular weight is 409 g/mol. The Morgan fingerprint density at radius 3 is 1.84 bits per heavy atom. The Balaban J connectivity index is 1.91. The second-order valence-corrected chi connectivity index (χ2v) is 7.58. The van der Waals surface area contributed by atoms with Crippen LogP contribution in [0.1, 0.15) is 24.5 Å². The van der Waals surface area contributed by atoms with Crippen molar-refractivity contribution in [3.8, 4) is 33.8 Å². The summed E-state index contributed by atoms with van der Waals surface area (Å²) < 4.78 is 12.5. The first-order chi connectivity index (χ1) is 15.3. The summed E-state index contributed by atoms with van der Waals surface area (Å²) in [5, 5.41) is 0. The number of hydrogen-bond donors (Lipinski definition) is 0. The Bertz CT molecular complexity index is 1100. The lowest BCUT2D eigenvalue weighted by Gasteiger charge is -2.22. The zero-order valence-electron chi connectivity index (χ0n) is 18.2. The summed E-state index contributed by atoms with van der Waals surface area (Å²) in [7, 11) is 1.74. The predicted octanol–water partition coefficient (Wildman–Crippen LogP) is 7.56. The highest BCUT2D eigenvalue weighted by atomic mass is 16.5. The van der Waals surface area contributed by atoms with E-state index in [1.165, 1.54) is 16.7 Å². The summed E-state index contributed by atoms with van der Waals surface area (Å²) in [5.74, 6) is 1.64. The van der Waals surface area contributed by atoms with Gasteiger partial charge in [0.05, 0.1) is 7.11 Å². The van der Waals surface area contributed by atoms with Crippen molar-refractivity contribution in [2.24, 2.45) is 0 Å². The second kappa shape index (κ2) is 9.99. The van der Waals surface area contributed by atoms with Crippen LogP contribution in [-0.4, -0.2) is 7.11 Å². The highest BCUT2D eigenvalue weighted by Crippen LogP contribution is 2.47. The summed E-state index contributed by atoms with van der Waals surface area (Å²) in [4.78, 5) is 0. The van der Waals surface area contributed by atoms with Crippen molar-refractivity contribution in [3.63, 3.8) is 0 Å². The van der Waals surface area contributed by atoms with Gasteiger partial charge < -0.3 is 9.47 Å². The highest BCUT2D eigenvalue weighted by molar-refractivity contribution is 5.90. The summed E-state index contributed by atoms with van der Waals surface area (Å²) in [6, 6.07) is 33.5. The van der Waals surface area contributed by atoms with E-state index in [9.17, 15) is 0 Å². The van der Waals surface area contributed by atoms with E-state index in [0.717, 1.165) is 41.0 Å². The van der Waals surface area contributed by atoms with Crippen molar-refractivity contribution in [2.45, 2.75) is 26.4 Å². The zero-order valence-corrected chi connectivity index (χ0v) is 18.2. The first kappa shape index (κ1) is 20.7. The predicted molar refractivity (Wildman–Crippen MR) is 129 cm³/mol. The quantitative estimate of drug-likeness (QED) is 0.299. The van der Waals surface area contributed by atoms with Gasteiger partial charge in [0, 0.05) is 5.56 Å². The molecule has 0 heterocycles. The van der Waals surface area contributed by atoms with Crippen molar-refractivity contribution in [1.82, 2.24) is 0 Å². The molecule has 0 amide bonds. The molecule has 0 fully saturated rings. The molecule has 2 heteroatoms. The van der Waals surface area contributed by atoms with E-state index in [4.69, 9.17) is 9.47 Å². The SMILES string of the molecule is CCCc1cc(-c2ccccc2)c(-c2ccccc2)c(OC)c1OCc1ccccc1. The number of aryl methyl sites for hydroxylation is 1. The van der Waals surface area contributed by atoms with E-state index < -0.39 is 0 Å². The van der Waals surface area contributed by atoms with Crippen molar-refractivity contribution in [1.29, 1.82) is 0 Å². The van der Waals surface area contributed by atoms with E-state index in [1.807, 2.05) is 30.3 Å². The van der Waals surface area contributed by atoms with Gasteiger partial charge in [-0.2, -0.15) is 0 Å². The van der Waals surface area contributed by atoms with Crippen LogP contribution < -0.4 is 9.47 Å². The third-order valence-corrected chi connectivity index (χ3v) is 5.41. The Morgan fingerprint density at radius 2 is 1.26 bits per heavy atom. The maximum atomic E-state index is 6.43. The third kappa shape index (κ3) is 4.64. The monoisotopic (exact) mass is 408 g/mol. The standard InChI is InChI=1S/C29H28O2/c1-3-13-25-20-26(23-16-9-5-10-17-23)27(24-18-11-6-12-19-24)29(30-2)28(25)31-21-22-14-7-4-8-15-22/h4-12,14-20H,3,13,21H2,1-2H3. The molecule has 156 valence electrons. The molecule has 0 aliphatic rings. The summed E-state index contributed by atoms with van der Waals surface area (Å²) in [5.41, 5.74) is 6.84. The molecule has 0 saturated carbocycles. The molecule has 0 saturated heterocycles. The maximum absolute atomic E-state index is 6.43. The number of rotatable bonds is 8. The largest absolute Gasteiger partial charge is 0.492 e. The lowest BCUT2D eigenvalue weighted by atomic mass is 9.90. The summed E-state index contributed by atoms with van der Waals surface area (Å²) >= 11 is 0. The lowest BCUT2D eigenvalue weighted by Crippen LogP contribution is -2.04. The molecule has 0 aliphatic carbocycles. The van der Waals surface area contributed by atoms with Gasteiger partial charge in [-0.3, -0.25) is 0 Å². The van der Waals surface area contributed by atoms with E-state index in [2.05, 4.69) is 73.7 Å². The molecule has 0 N–H and O–H groups in total. The van der Waals surface area contributed by atoms with Gasteiger partial charge in [0.15, 0.2) is 11.5 Å². The maximum Gasteiger partial charge on any atom is 0.169 e. The number of benzene rings is 4. The molecule has 0 radical (unpaired) electrons. The molecule has 0 aliphatic heterocycles. The normalized spacial score (nSPS) is 10.6. The second-order valence-electron chi connectivity index (χ2n) is 7.58. The van der Waals surface area contributed by atoms with Gasteiger partial charge >= 0.3 is 0 Å². The fraction of sp³-hybridized carbons (Fsp3) is 0.172. The van der Waals surface area contributed by atoms with Crippen molar-refractivity contribution in [2.75, 3.05) is 7.11 Å². The van der Waals surface area contributed by atoms with Crippen molar-refractivity contribution in [3.05, 3.63) is 108 Å². The van der Waals surface area contributed by atoms with E-state index in [-0.39, 0.29) is 0 Å². The molecule has 0 aromatic heterocycles. The zero-order chi connectivity index (χ0) is 21.5. The van der Waals surface area contributed by atoms with Gasteiger partial charge in [-0.05, 0) is 40.3 Å². The Labute approximate surface area is 185 Å². The molecule has 31 heavy (non-hydrogen) atoms. The van der Waals surface area contributed by atoms with E-state index in [1.54, 1.807) is 7.11 Å².